The highest BCUT2D eigenvalue weighted by Gasteiger charge is 2.23. The van der Waals surface area contributed by atoms with Gasteiger partial charge in [0.15, 0.2) is 11.4 Å². The molecule has 0 amide bonds. The van der Waals surface area contributed by atoms with Crippen molar-refractivity contribution in [1.82, 2.24) is 15.4 Å². The highest BCUT2D eigenvalue weighted by atomic mass is 16.1. The smallest absolute Gasteiger partial charge is 0.215 e. The number of ketones is 2. The zero-order valence-corrected chi connectivity index (χ0v) is 11.0. The van der Waals surface area contributed by atoms with Crippen LogP contribution in [0.4, 0.5) is 0 Å². The molecule has 1 aromatic heterocycles. The van der Waals surface area contributed by atoms with E-state index in [-0.39, 0.29) is 23.0 Å². The van der Waals surface area contributed by atoms with Crippen molar-refractivity contribution in [3.63, 3.8) is 0 Å². The number of aromatic nitrogens is 3. The topological polar surface area (TPSA) is 75.7 Å². The second kappa shape index (κ2) is 5.50. The van der Waals surface area contributed by atoms with E-state index >= 15 is 0 Å². The minimum atomic E-state index is -0.330. The number of benzene rings is 2. The first kappa shape index (κ1) is 12.9. The minimum Gasteiger partial charge on any atom is -0.287 e. The van der Waals surface area contributed by atoms with E-state index in [4.69, 9.17) is 0 Å². The normalized spacial score (nSPS) is 10.3. The molecule has 1 N–H and O–H groups in total. The van der Waals surface area contributed by atoms with Gasteiger partial charge in [0.25, 0.3) is 0 Å². The van der Waals surface area contributed by atoms with Gasteiger partial charge < -0.3 is 0 Å². The standard InChI is InChI=1S/C16H11N3O2/c20-15(11-7-3-1-4-8-11)13-14(18-19-17-13)16(21)12-9-5-2-6-10-12/h1-10H,(H,17,18,19). The van der Waals surface area contributed by atoms with Gasteiger partial charge in [0, 0.05) is 11.1 Å². The van der Waals surface area contributed by atoms with Crippen molar-refractivity contribution in [2.45, 2.75) is 0 Å². The van der Waals surface area contributed by atoms with E-state index < -0.39 is 0 Å². The Balaban J connectivity index is 1.99. The molecular weight excluding hydrogens is 266 g/mol. The SMILES string of the molecule is O=C(c1ccccc1)c1n[nH]nc1C(=O)c1ccccc1. The fraction of sp³-hybridized carbons (Fsp3) is 0. The van der Waals surface area contributed by atoms with Crippen LogP contribution in [0.5, 0.6) is 0 Å². The van der Waals surface area contributed by atoms with Gasteiger partial charge in [-0.05, 0) is 0 Å². The van der Waals surface area contributed by atoms with Crippen LogP contribution in [0.1, 0.15) is 32.1 Å². The molecule has 0 aliphatic rings. The number of aromatic amines is 1. The van der Waals surface area contributed by atoms with E-state index in [9.17, 15) is 9.59 Å². The molecule has 0 fully saturated rings. The zero-order chi connectivity index (χ0) is 14.7. The molecule has 1 heterocycles. The molecule has 3 rings (SSSR count). The number of nitrogens with zero attached hydrogens (tertiary/aromatic N) is 2. The lowest BCUT2D eigenvalue weighted by Gasteiger charge is -2.00. The molecule has 5 heteroatoms. The number of H-pyrrole nitrogens is 1. The summed E-state index contributed by atoms with van der Waals surface area (Å²) in [5.41, 5.74) is 1.01. The summed E-state index contributed by atoms with van der Waals surface area (Å²) in [7, 11) is 0. The Morgan fingerprint density at radius 1 is 0.667 bits per heavy atom. The van der Waals surface area contributed by atoms with E-state index in [0.29, 0.717) is 11.1 Å². The molecule has 0 atom stereocenters. The van der Waals surface area contributed by atoms with E-state index in [2.05, 4.69) is 15.4 Å². The monoisotopic (exact) mass is 277 g/mol. The third-order valence-corrected chi connectivity index (χ3v) is 3.05. The van der Waals surface area contributed by atoms with Crippen LogP contribution >= 0.6 is 0 Å². The maximum atomic E-state index is 12.4. The molecule has 0 radical (unpaired) electrons. The molecule has 21 heavy (non-hydrogen) atoms. The Bertz CT molecular complexity index is 714. The molecule has 3 aromatic rings. The third-order valence-electron chi connectivity index (χ3n) is 3.05. The summed E-state index contributed by atoms with van der Waals surface area (Å²) < 4.78 is 0. The van der Waals surface area contributed by atoms with Crippen molar-refractivity contribution < 1.29 is 9.59 Å². The first-order valence-electron chi connectivity index (χ1n) is 6.37. The van der Waals surface area contributed by atoms with Crippen LogP contribution in [0.3, 0.4) is 0 Å². The third kappa shape index (κ3) is 2.49. The molecule has 0 spiro atoms. The Morgan fingerprint density at radius 3 is 1.43 bits per heavy atom. The number of carbonyl (C=O) groups is 2. The van der Waals surface area contributed by atoms with Crippen molar-refractivity contribution in [2.75, 3.05) is 0 Å². The van der Waals surface area contributed by atoms with Gasteiger partial charge in [-0.2, -0.15) is 15.4 Å². The van der Waals surface area contributed by atoms with Crippen LogP contribution in [-0.2, 0) is 0 Å². The van der Waals surface area contributed by atoms with Gasteiger partial charge in [-0.15, -0.1) is 0 Å². The van der Waals surface area contributed by atoms with Gasteiger partial charge in [-0.25, -0.2) is 0 Å². The number of hydrogen-bond donors (Lipinski definition) is 1. The summed E-state index contributed by atoms with van der Waals surface area (Å²) in [5.74, 6) is -0.660. The van der Waals surface area contributed by atoms with Crippen LogP contribution in [-0.4, -0.2) is 27.0 Å². The molecule has 5 nitrogen and oxygen atoms in total. The average molecular weight is 277 g/mol. The maximum absolute atomic E-state index is 12.4. The molecule has 0 bridgehead atoms. The lowest BCUT2D eigenvalue weighted by molar-refractivity contribution is 0.0998. The largest absolute Gasteiger partial charge is 0.287 e. The molecule has 0 unspecified atom stereocenters. The molecule has 102 valence electrons. The van der Waals surface area contributed by atoms with Gasteiger partial charge in [0.05, 0.1) is 0 Å². The second-order valence-electron chi connectivity index (χ2n) is 4.41. The van der Waals surface area contributed by atoms with E-state index in [1.807, 2.05) is 12.1 Å². The van der Waals surface area contributed by atoms with E-state index in [0.717, 1.165) is 0 Å². The molecule has 0 saturated heterocycles. The molecule has 2 aromatic carbocycles. The maximum Gasteiger partial charge on any atom is 0.215 e. The van der Waals surface area contributed by atoms with Crippen LogP contribution < -0.4 is 0 Å². The zero-order valence-electron chi connectivity index (χ0n) is 11.0. The molecule has 0 aliphatic heterocycles. The Morgan fingerprint density at radius 2 is 1.05 bits per heavy atom. The lowest BCUT2D eigenvalue weighted by atomic mass is 10.0. The summed E-state index contributed by atoms with van der Waals surface area (Å²) in [6.07, 6.45) is 0. The highest BCUT2D eigenvalue weighted by molar-refractivity contribution is 6.17. The number of rotatable bonds is 4. The van der Waals surface area contributed by atoms with Crippen LogP contribution in [0.15, 0.2) is 60.7 Å². The van der Waals surface area contributed by atoms with Gasteiger partial charge in [0.2, 0.25) is 11.6 Å². The number of nitrogens with one attached hydrogen (secondary N) is 1. The van der Waals surface area contributed by atoms with Crippen molar-refractivity contribution >= 4 is 11.6 Å². The van der Waals surface area contributed by atoms with Crippen LogP contribution in [0.25, 0.3) is 0 Å². The van der Waals surface area contributed by atoms with Crippen molar-refractivity contribution in [3.05, 3.63) is 83.2 Å². The fourth-order valence-corrected chi connectivity index (χ4v) is 2.00. The summed E-state index contributed by atoms with van der Waals surface area (Å²) in [6.45, 7) is 0. The predicted octanol–water partition coefficient (Wildman–Crippen LogP) is 2.27. The summed E-state index contributed by atoms with van der Waals surface area (Å²) >= 11 is 0. The lowest BCUT2D eigenvalue weighted by Crippen LogP contribution is -2.11. The predicted molar refractivity (Wildman–Crippen MR) is 76.1 cm³/mol. The minimum absolute atomic E-state index is 0.0371. The number of hydrogen-bond acceptors (Lipinski definition) is 4. The van der Waals surface area contributed by atoms with Crippen molar-refractivity contribution in [1.29, 1.82) is 0 Å². The van der Waals surface area contributed by atoms with Gasteiger partial charge in [-0.3, -0.25) is 9.59 Å². The average Bonchev–Trinajstić information content (AvgIpc) is 3.04. The van der Waals surface area contributed by atoms with Crippen LogP contribution in [0.2, 0.25) is 0 Å². The first-order valence-corrected chi connectivity index (χ1v) is 6.37. The molecule has 0 aliphatic carbocycles. The second-order valence-corrected chi connectivity index (χ2v) is 4.41. The fourth-order valence-electron chi connectivity index (χ4n) is 2.00. The van der Waals surface area contributed by atoms with Gasteiger partial charge >= 0.3 is 0 Å². The van der Waals surface area contributed by atoms with Crippen LogP contribution in [0, 0.1) is 0 Å². The summed E-state index contributed by atoms with van der Waals surface area (Å²) in [6, 6.07) is 17.4. The Hall–Kier alpha value is -3.08. The Kier molecular flexibility index (Phi) is 3.39. The molecule has 0 saturated carbocycles. The van der Waals surface area contributed by atoms with Gasteiger partial charge in [-0.1, -0.05) is 60.7 Å². The quantitative estimate of drug-likeness (QED) is 0.742. The van der Waals surface area contributed by atoms with E-state index in [1.165, 1.54) is 0 Å². The van der Waals surface area contributed by atoms with Gasteiger partial charge in [0.1, 0.15) is 0 Å². The first-order chi connectivity index (χ1) is 10.3. The Labute approximate surface area is 120 Å². The number of carbonyl (C=O) groups excluding carboxylic acids is 2. The van der Waals surface area contributed by atoms with E-state index in [1.54, 1.807) is 48.5 Å². The van der Waals surface area contributed by atoms with Crippen molar-refractivity contribution in [2.24, 2.45) is 0 Å². The molecular formula is C16H11N3O2. The summed E-state index contributed by atoms with van der Waals surface area (Å²) in [5, 5.41) is 10.0. The summed E-state index contributed by atoms with van der Waals surface area (Å²) in [4.78, 5) is 24.8. The van der Waals surface area contributed by atoms with Crippen molar-refractivity contribution in [3.8, 4) is 0 Å². The highest BCUT2D eigenvalue weighted by Crippen LogP contribution is 2.14.